The van der Waals surface area contributed by atoms with E-state index < -0.39 is 0 Å². The molecule has 3 heteroatoms. The summed E-state index contributed by atoms with van der Waals surface area (Å²) in [5, 5.41) is 4.88. The third-order valence-electron chi connectivity index (χ3n) is 4.86. The third-order valence-corrected chi connectivity index (χ3v) is 5.82. The topological polar surface area (TPSA) is 24.4 Å². The highest BCUT2D eigenvalue weighted by Gasteiger charge is 2.53. The van der Waals surface area contributed by atoms with Crippen LogP contribution in [0.25, 0.3) is 0 Å². The second kappa shape index (κ2) is 4.43. The van der Waals surface area contributed by atoms with E-state index in [1.165, 1.54) is 43.0 Å². The number of nitrogens with one attached hydrogen (secondary N) is 1. The van der Waals surface area contributed by atoms with Crippen LogP contribution in [-0.4, -0.2) is 23.5 Å². The van der Waals surface area contributed by atoms with Crippen LogP contribution in [-0.2, 0) is 0 Å². The lowest BCUT2D eigenvalue weighted by molar-refractivity contribution is 0.290. The highest BCUT2D eigenvalue weighted by molar-refractivity contribution is 8.13. The largest absolute Gasteiger partial charge is 0.362 e. The SMILES string of the molecule is CC(C)(C)C1CCSC(=NCC2(C3CC3)CC2)N1. The average Bonchev–Trinajstić information content (AvgIpc) is 3.17. The maximum atomic E-state index is 4.91. The molecule has 2 nitrogen and oxygen atoms in total. The maximum Gasteiger partial charge on any atom is 0.156 e. The molecule has 1 unspecified atom stereocenters. The van der Waals surface area contributed by atoms with Crippen LogP contribution in [0, 0.1) is 16.7 Å². The van der Waals surface area contributed by atoms with Crippen molar-refractivity contribution < 1.29 is 0 Å². The lowest BCUT2D eigenvalue weighted by Gasteiger charge is -2.35. The number of amidine groups is 1. The van der Waals surface area contributed by atoms with Gasteiger partial charge in [-0.15, -0.1) is 0 Å². The number of thioether (sulfide) groups is 1. The fourth-order valence-corrected chi connectivity index (χ4v) is 3.99. The minimum Gasteiger partial charge on any atom is -0.362 e. The molecule has 102 valence electrons. The van der Waals surface area contributed by atoms with E-state index >= 15 is 0 Å². The standard InChI is InChI=1S/C15H26N2S/c1-14(2,3)12-6-9-18-13(17-12)16-10-15(7-8-15)11-4-5-11/h11-12H,4-10H2,1-3H3,(H,16,17). The third kappa shape index (κ3) is 2.71. The predicted molar refractivity (Wildman–Crippen MR) is 80.1 cm³/mol. The smallest absolute Gasteiger partial charge is 0.156 e. The molecule has 2 aliphatic carbocycles. The van der Waals surface area contributed by atoms with Gasteiger partial charge in [-0.1, -0.05) is 32.5 Å². The molecule has 1 aliphatic heterocycles. The molecule has 0 radical (unpaired) electrons. The van der Waals surface area contributed by atoms with Gasteiger partial charge in [-0.2, -0.15) is 0 Å². The van der Waals surface area contributed by atoms with Crippen LogP contribution < -0.4 is 5.32 Å². The van der Waals surface area contributed by atoms with Crippen molar-refractivity contribution in [2.45, 2.75) is 58.9 Å². The van der Waals surface area contributed by atoms with Gasteiger partial charge in [0.1, 0.15) is 0 Å². The molecular formula is C15H26N2S. The molecule has 0 aromatic carbocycles. The molecule has 0 spiro atoms. The highest BCUT2D eigenvalue weighted by atomic mass is 32.2. The van der Waals surface area contributed by atoms with Crippen molar-refractivity contribution in [3.8, 4) is 0 Å². The monoisotopic (exact) mass is 266 g/mol. The van der Waals surface area contributed by atoms with Gasteiger partial charge in [0.05, 0.1) is 0 Å². The molecule has 0 amide bonds. The maximum absolute atomic E-state index is 4.91. The molecule has 3 fully saturated rings. The predicted octanol–water partition coefficient (Wildman–Crippen LogP) is 3.67. The summed E-state index contributed by atoms with van der Waals surface area (Å²) >= 11 is 1.92. The van der Waals surface area contributed by atoms with Gasteiger partial charge in [0.15, 0.2) is 5.17 Å². The molecule has 3 aliphatic rings. The molecule has 2 saturated carbocycles. The summed E-state index contributed by atoms with van der Waals surface area (Å²) < 4.78 is 0. The van der Waals surface area contributed by atoms with Gasteiger partial charge in [-0.3, -0.25) is 4.99 Å². The first-order valence-electron chi connectivity index (χ1n) is 7.43. The van der Waals surface area contributed by atoms with Gasteiger partial charge in [0.25, 0.3) is 0 Å². The summed E-state index contributed by atoms with van der Waals surface area (Å²) in [6, 6.07) is 0.591. The van der Waals surface area contributed by atoms with E-state index in [0.29, 0.717) is 16.9 Å². The summed E-state index contributed by atoms with van der Waals surface area (Å²) in [7, 11) is 0. The number of rotatable bonds is 3. The molecule has 0 aromatic heterocycles. The Balaban J connectivity index is 1.58. The Labute approximate surface area is 115 Å². The van der Waals surface area contributed by atoms with Gasteiger partial charge >= 0.3 is 0 Å². The highest BCUT2D eigenvalue weighted by Crippen LogP contribution is 2.61. The molecule has 0 bridgehead atoms. The summed E-state index contributed by atoms with van der Waals surface area (Å²) in [5.74, 6) is 2.25. The van der Waals surface area contributed by atoms with Crippen LogP contribution in [0.3, 0.4) is 0 Å². The van der Waals surface area contributed by atoms with Crippen molar-refractivity contribution in [1.29, 1.82) is 0 Å². The molecule has 18 heavy (non-hydrogen) atoms. The molecule has 1 N–H and O–H groups in total. The molecular weight excluding hydrogens is 240 g/mol. The lowest BCUT2D eigenvalue weighted by Crippen LogP contribution is -2.46. The molecule has 1 saturated heterocycles. The first-order valence-corrected chi connectivity index (χ1v) is 8.42. The molecule has 1 heterocycles. The summed E-state index contributed by atoms with van der Waals surface area (Å²) in [6.07, 6.45) is 7.07. The normalized spacial score (nSPS) is 33.3. The quantitative estimate of drug-likeness (QED) is 0.843. The molecule has 1 atom stereocenters. The Morgan fingerprint density at radius 3 is 2.56 bits per heavy atom. The second-order valence-corrected chi connectivity index (χ2v) is 8.54. The van der Waals surface area contributed by atoms with Crippen LogP contribution in [0.4, 0.5) is 0 Å². The van der Waals surface area contributed by atoms with Crippen LogP contribution in [0.1, 0.15) is 52.9 Å². The van der Waals surface area contributed by atoms with Crippen molar-refractivity contribution in [1.82, 2.24) is 5.32 Å². The van der Waals surface area contributed by atoms with Crippen LogP contribution >= 0.6 is 11.8 Å². The number of nitrogens with zero attached hydrogens (tertiary/aromatic N) is 1. The second-order valence-electron chi connectivity index (χ2n) is 7.46. The van der Waals surface area contributed by atoms with Crippen molar-refractivity contribution in [3.63, 3.8) is 0 Å². The summed E-state index contributed by atoms with van der Waals surface area (Å²) in [6.45, 7) is 8.06. The lowest BCUT2D eigenvalue weighted by atomic mass is 9.85. The van der Waals surface area contributed by atoms with E-state index in [-0.39, 0.29) is 0 Å². The average molecular weight is 266 g/mol. The van der Waals surface area contributed by atoms with E-state index in [0.717, 1.165) is 12.5 Å². The summed E-state index contributed by atoms with van der Waals surface area (Å²) in [4.78, 5) is 4.91. The minimum atomic E-state index is 0.343. The molecule has 0 aromatic rings. The zero-order valence-electron chi connectivity index (χ0n) is 12.0. The number of hydrogen-bond donors (Lipinski definition) is 1. The van der Waals surface area contributed by atoms with Gasteiger partial charge in [0, 0.05) is 18.3 Å². The van der Waals surface area contributed by atoms with Crippen molar-refractivity contribution >= 4 is 16.9 Å². The van der Waals surface area contributed by atoms with E-state index in [9.17, 15) is 0 Å². The Hall–Kier alpha value is -0.180. The minimum absolute atomic E-state index is 0.343. The molecule has 3 rings (SSSR count). The van der Waals surface area contributed by atoms with E-state index in [2.05, 4.69) is 26.1 Å². The first-order chi connectivity index (χ1) is 8.50. The van der Waals surface area contributed by atoms with Gasteiger partial charge in [-0.05, 0) is 48.9 Å². The zero-order chi connectivity index (χ0) is 12.8. The fourth-order valence-electron chi connectivity index (χ4n) is 3.06. The fraction of sp³-hybridized carbons (Fsp3) is 0.933. The van der Waals surface area contributed by atoms with Crippen LogP contribution in [0.15, 0.2) is 4.99 Å². The Kier molecular flexibility index (Phi) is 3.16. The zero-order valence-corrected chi connectivity index (χ0v) is 12.8. The Morgan fingerprint density at radius 1 is 1.28 bits per heavy atom. The van der Waals surface area contributed by atoms with Gasteiger partial charge in [-0.25, -0.2) is 0 Å². The van der Waals surface area contributed by atoms with E-state index in [4.69, 9.17) is 4.99 Å². The summed E-state index contributed by atoms with van der Waals surface area (Å²) in [5.41, 5.74) is 0.986. The van der Waals surface area contributed by atoms with Gasteiger partial charge in [0.2, 0.25) is 0 Å². The van der Waals surface area contributed by atoms with Gasteiger partial charge < -0.3 is 5.32 Å². The number of aliphatic imine (C=N–C) groups is 1. The van der Waals surface area contributed by atoms with Crippen molar-refractivity contribution in [3.05, 3.63) is 0 Å². The van der Waals surface area contributed by atoms with Crippen molar-refractivity contribution in [2.24, 2.45) is 21.7 Å². The van der Waals surface area contributed by atoms with Crippen LogP contribution in [0.2, 0.25) is 0 Å². The Morgan fingerprint density at radius 2 is 2.00 bits per heavy atom. The Bertz CT molecular complexity index is 348. The van der Waals surface area contributed by atoms with Crippen molar-refractivity contribution in [2.75, 3.05) is 12.3 Å². The van der Waals surface area contributed by atoms with E-state index in [1.807, 2.05) is 11.8 Å². The van der Waals surface area contributed by atoms with Crippen LogP contribution in [0.5, 0.6) is 0 Å². The number of hydrogen-bond acceptors (Lipinski definition) is 2. The first kappa shape index (κ1) is 12.8. The van der Waals surface area contributed by atoms with E-state index in [1.54, 1.807) is 0 Å².